The summed E-state index contributed by atoms with van der Waals surface area (Å²) < 4.78 is 4.87. The van der Waals surface area contributed by atoms with E-state index < -0.39 is 18.3 Å². The highest BCUT2D eigenvalue weighted by Gasteiger charge is 2.39. The van der Waals surface area contributed by atoms with Crippen molar-refractivity contribution in [3.63, 3.8) is 0 Å². The maximum Gasteiger partial charge on any atom is 0.305 e. The second-order valence-corrected chi connectivity index (χ2v) is 7.46. The molecule has 5 atom stereocenters. The minimum Gasteiger partial charge on any atom is -0.466 e. The van der Waals surface area contributed by atoms with Gasteiger partial charge in [0.1, 0.15) is 0 Å². The molecule has 1 aliphatic rings. The van der Waals surface area contributed by atoms with Crippen LogP contribution in [0.15, 0.2) is 24.3 Å². The molecule has 0 amide bonds. The van der Waals surface area contributed by atoms with E-state index in [1.807, 2.05) is 18.2 Å². The molecule has 1 aliphatic carbocycles. The van der Waals surface area contributed by atoms with Crippen molar-refractivity contribution in [2.24, 2.45) is 11.8 Å². The van der Waals surface area contributed by atoms with Crippen molar-refractivity contribution in [3.05, 3.63) is 24.3 Å². The van der Waals surface area contributed by atoms with Crippen molar-refractivity contribution in [2.75, 3.05) is 6.61 Å². The van der Waals surface area contributed by atoms with Crippen LogP contribution in [0.3, 0.4) is 0 Å². The van der Waals surface area contributed by atoms with Gasteiger partial charge in [0.25, 0.3) is 0 Å². The average molecular weight is 383 g/mol. The van der Waals surface area contributed by atoms with Crippen LogP contribution in [0.25, 0.3) is 0 Å². The van der Waals surface area contributed by atoms with Crippen molar-refractivity contribution in [1.29, 1.82) is 0 Å². The summed E-state index contributed by atoms with van der Waals surface area (Å²) in [6, 6.07) is 0. The molecule has 1 fully saturated rings. The van der Waals surface area contributed by atoms with Gasteiger partial charge in [-0.1, -0.05) is 50.5 Å². The topological polar surface area (TPSA) is 87.0 Å². The first kappa shape index (κ1) is 23.9. The second-order valence-electron chi connectivity index (χ2n) is 7.46. The van der Waals surface area contributed by atoms with E-state index in [0.717, 1.165) is 38.5 Å². The van der Waals surface area contributed by atoms with Crippen LogP contribution in [0.5, 0.6) is 0 Å². The number of hydrogen-bond donors (Lipinski definition) is 3. The molecule has 1 rings (SSSR count). The molecule has 5 heteroatoms. The number of ether oxygens (including phenoxy) is 1. The van der Waals surface area contributed by atoms with E-state index in [9.17, 15) is 20.1 Å². The standard InChI is InChI=1S/C22H38O5/c1-3-5-8-12-18-19(21(25)16-20(18)24)15-14-17(23)11-9-6-7-10-13-22(26)27-4-2/h6,9,14-15,17-21,23-25H,3-5,7-8,10-13,16H2,1-2H3/b9-6-,15-14+/t17-,18+,19-,20+,21-/m0/s1. The molecule has 0 unspecified atom stereocenters. The Morgan fingerprint density at radius 2 is 1.93 bits per heavy atom. The predicted molar refractivity (Wildman–Crippen MR) is 107 cm³/mol. The lowest BCUT2D eigenvalue weighted by atomic mass is 9.88. The number of allylic oxidation sites excluding steroid dienone is 1. The van der Waals surface area contributed by atoms with Gasteiger partial charge in [-0.3, -0.25) is 4.79 Å². The molecular weight excluding hydrogens is 344 g/mol. The molecule has 27 heavy (non-hydrogen) atoms. The highest BCUT2D eigenvalue weighted by molar-refractivity contribution is 5.69. The Bertz CT molecular complexity index is 460. The first-order chi connectivity index (χ1) is 13.0. The number of unbranched alkanes of at least 4 members (excludes halogenated alkanes) is 3. The van der Waals surface area contributed by atoms with Crippen LogP contribution in [0.4, 0.5) is 0 Å². The lowest BCUT2D eigenvalue weighted by Gasteiger charge is -2.21. The third-order valence-electron chi connectivity index (χ3n) is 5.21. The van der Waals surface area contributed by atoms with E-state index in [0.29, 0.717) is 25.9 Å². The summed E-state index contributed by atoms with van der Waals surface area (Å²) in [6.07, 6.45) is 13.0. The van der Waals surface area contributed by atoms with Crippen LogP contribution >= 0.6 is 0 Å². The van der Waals surface area contributed by atoms with Crippen LogP contribution in [-0.2, 0) is 9.53 Å². The number of aliphatic hydroxyl groups excluding tert-OH is 3. The Kier molecular flexibility index (Phi) is 12.3. The maximum absolute atomic E-state index is 11.2. The van der Waals surface area contributed by atoms with E-state index in [1.165, 1.54) is 0 Å². The fraction of sp³-hybridized carbons (Fsp3) is 0.773. The molecule has 0 aromatic heterocycles. The molecule has 0 heterocycles. The highest BCUT2D eigenvalue weighted by Crippen LogP contribution is 2.37. The van der Waals surface area contributed by atoms with Crippen LogP contribution in [0.1, 0.15) is 71.6 Å². The molecule has 5 nitrogen and oxygen atoms in total. The minimum atomic E-state index is -0.604. The molecule has 156 valence electrons. The summed E-state index contributed by atoms with van der Waals surface area (Å²) in [4.78, 5) is 11.2. The molecule has 0 saturated heterocycles. The number of hydrogen-bond acceptors (Lipinski definition) is 5. The van der Waals surface area contributed by atoms with E-state index in [1.54, 1.807) is 13.0 Å². The summed E-state index contributed by atoms with van der Waals surface area (Å²) in [7, 11) is 0. The molecule has 0 spiro atoms. The van der Waals surface area contributed by atoms with Gasteiger partial charge in [-0.25, -0.2) is 0 Å². The second kappa shape index (κ2) is 13.9. The van der Waals surface area contributed by atoms with Gasteiger partial charge in [0, 0.05) is 18.8 Å². The van der Waals surface area contributed by atoms with E-state index in [-0.39, 0.29) is 17.8 Å². The van der Waals surface area contributed by atoms with Crippen molar-refractivity contribution >= 4 is 5.97 Å². The van der Waals surface area contributed by atoms with E-state index >= 15 is 0 Å². The maximum atomic E-state index is 11.2. The normalized spacial score (nSPS) is 26.9. The van der Waals surface area contributed by atoms with Gasteiger partial charge in [0.05, 0.1) is 24.9 Å². The Morgan fingerprint density at radius 1 is 1.15 bits per heavy atom. The van der Waals surface area contributed by atoms with Crippen LogP contribution in [0, 0.1) is 11.8 Å². The van der Waals surface area contributed by atoms with Gasteiger partial charge < -0.3 is 20.1 Å². The van der Waals surface area contributed by atoms with Crippen LogP contribution in [-0.4, -0.2) is 46.2 Å². The Balaban J connectivity index is 2.34. The summed E-state index contributed by atoms with van der Waals surface area (Å²) in [6.45, 7) is 4.36. The van der Waals surface area contributed by atoms with Crippen molar-refractivity contribution in [1.82, 2.24) is 0 Å². The number of carbonyl (C=O) groups excluding carboxylic acids is 1. The first-order valence-corrected chi connectivity index (χ1v) is 10.5. The van der Waals surface area contributed by atoms with Crippen molar-refractivity contribution in [3.8, 4) is 0 Å². The van der Waals surface area contributed by atoms with Crippen LogP contribution < -0.4 is 0 Å². The zero-order chi connectivity index (χ0) is 20.1. The number of aliphatic hydroxyl groups is 3. The zero-order valence-electron chi connectivity index (χ0n) is 16.9. The molecule has 0 aromatic rings. The fourth-order valence-electron chi connectivity index (χ4n) is 3.69. The van der Waals surface area contributed by atoms with Crippen LogP contribution in [0.2, 0.25) is 0 Å². The largest absolute Gasteiger partial charge is 0.466 e. The minimum absolute atomic E-state index is 0.0772. The summed E-state index contributed by atoms with van der Waals surface area (Å²) in [5.74, 6) is -0.173. The number of carbonyl (C=O) groups is 1. The predicted octanol–water partition coefficient (Wildman–Crippen LogP) is 3.52. The highest BCUT2D eigenvalue weighted by atomic mass is 16.5. The van der Waals surface area contributed by atoms with Gasteiger partial charge in [-0.15, -0.1) is 0 Å². The first-order valence-electron chi connectivity index (χ1n) is 10.5. The smallest absolute Gasteiger partial charge is 0.305 e. The average Bonchev–Trinajstić information content (AvgIpc) is 2.89. The molecule has 0 aliphatic heterocycles. The monoisotopic (exact) mass is 382 g/mol. The number of rotatable bonds is 13. The third kappa shape index (κ3) is 9.54. The fourth-order valence-corrected chi connectivity index (χ4v) is 3.69. The number of esters is 1. The molecule has 0 bridgehead atoms. The summed E-state index contributed by atoms with van der Waals surface area (Å²) in [5, 5.41) is 30.5. The van der Waals surface area contributed by atoms with Gasteiger partial charge in [-0.2, -0.15) is 0 Å². The molecule has 1 saturated carbocycles. The van der Waals surface area contributed by atoms with Crippen molar-refractivity contribution in [2.45, 2.75) is 89.9 Å². The SMILES string of the molecule is CCCCC[C@@H]1[C@H](/C=C/[C@@H](O)C/C=C\CCCC(=O)OCC)[C@@H](O)C[C@H]1O. The molecule has 0 aromatic carbocycles. The molecule has 0 radical (unpaired) electrons. The van der Waals surface area contributed by atoms with Gasteiger partial charge in [-0.05, 0) is 38.5 Å². The molecule has 3 N–H and O–H groups in total. The quantitative estimate of drug-likeness (QED) is 0.258. The van der Waals surface area contributed by atoms with E-state index in [2.05, 4.69) is 6.92 Å². The van der Waals surface area contributed by atoms with Crippen molar-refractivity contribution < 1.29 is 24.9 Å². The molecular formula is C22H38O5. The Morgan fingerprint density at radius 3 is 2.63 bits per heavy atom. The lowest BCUT2D eigenvalue weighted by molar-refractivity contribution is -0.143. The van der Waals surface area contributed by atoms with Gasteiger partial charge >= 0.3 is 5.97 Å². The summed E-state index contributed by atoms with van der Waals surface area (Å²) >= 11 is 0. The van der Waals surface area contributed by atoms with Gasteiger partial charge in [0.15, 0.2) is 0 Å². The Hall–Kier alpha value is -1.17. The Labute approximate surface area is 164 Å². The lowest BCUT2D eigenvalue weighted by Crippen LogP contribution is -2.21. The third-order valence-corrected chi connectivity index (χ3v) is 5.21. The van der Waals surface area contributed by atoms with E-state index in [4.69, 9.17) is 4.74 Å². The van der Waals surface area contributed by atoms with Gasteiger partial charge in [0.2, 0.25) is 0 Å². The zero-order valence-corrected chi connectivity index (χ0v) is 16.9. The summed E-state index contributed by atoms with van der Waals surface area (Å²) in [5.41, 5.74) is 0.